The molecule has 0 saturated carbocycles. The Morgan fingerprint density at radius 3 is 2.36 bits per heavy atom. The lowest BCUT2D eigenvalue weighted by molar-refractivity contribution is 0.0975. The van der Waals surface area contributed by atoms with Gasteiger partial charge in [-0.3, -0.25) is 14.9 Å². The average molecular weight is 466 g/mol. The third kappa shape index (κ3) is 7.76. The van der Waals surface area contributed by atoms with Gasteiger partial charge in [0, 0.05) is 16.9 Å². The van der Waals surface area contributed by atoms with Crippen LogP contribution >= 0.6 is 12.2 Å². The minimum atomic E-state index is -0.360. The van der Waals surface area contributed by atoms with Crippen molar-refractivity contribution in [2.24, 2.45) is 0 Å². The molecule has 0 aliphatic rings. The van der Waals surface area contributed by atoms with Crippen molar-refractivity contribution in [3.63, 3.8) is 0 Å². The summed E-state index contributed by atoms with van der Waals surface area (Å²) in [5.41, 5.74) is 1.64. The van der Waals surface area contributed by atoms with Crippen molar-refractivity contribution in [3.8, 4) is 5.75 Å². The summed E-state index contributed by atoms with van der Waals surface area (Å²) in [5.74, 6) is 0.256. The first-order chi connectivity index (χ1) is 16.0. The number of amides is 2. The quantitative estimate of drug-likeness (QED) is 0.266. The van der Waals surface area contributed by atoms with Gasteiger partial charge in [0.1, 0.15) is 5.75 Å². The third-order valence-electron chi connectivity index (χ3n) is 4.73. The van der Waals surface area contributed by atoms with Crippen LogP contribution < -0.4 is 20.7 Å². The molecule has 1 aromatic heterocycles. The van der Waals surface area contributed by atoms with Gasteiger partial charge in [-0.2, -0.15) is 0 Å². The second-order valence-corrected chi connectivity index (χ2v) is 7.76. The summed E-state index contributed by atoms with van der Waals surface area (Å²) in [6, 6.07) is 17.1. The van der Waals surface area contributed by atoms with Crippen LogP contribution in [-0.4, -0.2) is 23.5 Å². The Hall–Kier alpha value is -3.65. The SMILES string of the molecule is CCCCCCOc1ccc(C(=O)NC(=S)Nc2cccc(NC(=O)c3ccco3)c2)cc1. The highest BCUT2D eigenvalue weighted by Crippen LogP contribution is 2.17. The number of rotatable bonds is 10. The highest BCUT2D eigenvalue weighted by atomic mass is 32.1. The van der Waals surface area contributed by atoms with E-state index in [1.807, 2.05) is 0 Å². The Bertz CT molecular complexity index is 1070. The maximum atomic E-state index is 12.5. The van der Waals surface area contributed by atoms with E-state index in [-0.39, 0.29) is 22.7 Å². The fourth-order valence-electron chi connectivity index (χ4n) is 3.03. The molecule has 0 saturated heterocycles. The second-order valence-electron chi connectivity index (χ2n) is 7.35. The molecular formula is C25H27N3O4S. The van der Waals surface area contributed by atoms with Crippen LogP contribution in [0.2, 0.25) is 0 Å². The largest absolute Gasteiger partial charge is 0.494 e. The molecule has 0 bridgehead atoms. The van der Waals surface area contributed by atoms with Gasteiger partial charge in [-0.25, -0.2) is 0 Å². The Morgan fingerprint density at radius 1 is 0.909 bits per heavy atom. The molecule has 172 valence electrons. The van der Waals surface area contributed by atoms with E-state index < -0.39 is 0 Å². The molecule has 7 nitrogen and oxygen atoms in total. The average Bonchev–Trinajstić information content (AvgIpc) is 3.35. The number of hydrogen-bond acceptors (Lipinski definition) is 5. The van der Waals surface area contributed by atoms with E-state index >= 15 is 0 Å². The molecule has 2 aromatic carbocycles. The highest BCUT2D eigenvalue weighted by molar-refractivity contribution is 7.80. The van der Waals surface area contributed by atoms with Crippen LogP contribution in [0.4, 0.5) is 11.4 Å². The van der Waals surface area contributed by atoms with Gasteiger partial charge < -0.3 is 19.8 Å². The summed E-state index contributed by atoms with van der Waals surface area (Å²) in [6.07, 6.45) is 6.00. The van der Waals surface area contributed by atoms with Crippen LogP contribution in [0.15, 0.2) is 71.3 Å². The van der Waals surface area contributed by atoms with E-state index in [0.717, 1.165) is 18.6 Å². The zero-order valence-electron chi connectivity index (χ0n) is 18.4. The fraction of sp³-hybridized carbons (Fsp3) is 0.240. The number of nitrogens with one attached hydrogen (secondary N) is 3. The van der Waals surface area contributed by atoms with Crippen molar-refractivity contribution in [3.05, 3.63) is 78.3 Å². The van der Waals surface area contributed by atoms with E-state index in [1.165, 1.54) is 19.1 Å². The molecule has 8 heteroatoms. The first kappa shape index (κ1) is 24.0. The van der Waals surface area contributed by atoms with Gasteiger partial charge in [-0.1, -0.05) is 32.3 Å². The van der Waals surface area contributed by atoms with Crippen molar-refractivity contribution in [1.29, 1.82) is 0 Å². The predicted octanol–water partition coefficient (Wildman–Crippen LogP) is 5.62. The summed E-state index contributed by atoms with van der Waals surface area (Å²) < 4.78 is 10.8. The molecule has 0 spiro atoms. The summed E-state index contributed by atoms with van der Waals surface area (Å²) in [4.78, 5) is 24.6. The monoisotopic (exact) mass is 465 g/mol. The van der Waals surface area contributed by atoms with Crippen LogP contribution in [0.3, 0.4) is 0 Å². The topological polar surface area (TPSA) is 92.6 Å². The first-order valence-corrected chi connectivity index (χ1v) is 11.3. The lowest BCUT2D eigenvalue weighted by atomic mass is 10.2. The number of anilines is 2. The van der Waals surface area contributed by atoms with Gasteiger partial charge in [-0.15, -0.1) is 0 Å². The number of ether oxygens (including phenoxy) is 1. The maximum absolute atomic E-state index is 12.5. The first-order valence-electron chi connectivity index (χ1n) is 10.9. The molecule has 0 radical (unpaired) electrons. The second kappa shape index (κ2) is 12.4. The van der Waals surface area contributed by atoms with E-state index in [0.29, 0.717) is 23.5 Å². The standard InChI is InChI=1S/C25H27N3O4S/c1-2-3-4-5-15-31-21-13-11-18(12-14-21)23(29)28-25(33)27-20-9-6-8-19(17-20)26-24(30)22-10-7-16-32-22/h6-14,16-17H,2-5,15H2,1H3,(H,26,30)(H2,27,28,29,33). The zero-order valence-corrected chi connectivity index (χ0v) is 19.2. The summed E-state index contributed by atoms with van der Waals surface area (Å²) in [7, 11) is 0. The smallest absolute Gasteiger partial charge is 0.291 e. The fourth-order valence-corrected chi connectivity index (χ4v) is 3.24. The Morgan fingerprint density at radius 2 is 1.67 bits per heavy atom. The van der Waals surface area contributed by atoms with Crippen LogP contribution in [0, 0.1) is 0 Å². The lowest BCUT2D eigenvalue weighted by Crippen LogP contribution is -2.34. The van der Waals surface area contributed by atoms with Gasteiger partial charge >= 0.3 is 0 Å². The van der Waals surface area contributed by atoms with Crippen LogP contribution in [0.5, 0.6) is 5.75 Å². The number of carbonyl (C=O) groups is 2. The minimum absolute atomic E-state index is 0.144. The number of hydrogen-bond donors (Lipinski definition) is 3. The number of benzene rings is 2. The predicted molar refractivity (Wildman–Crippen MR) is 133 cm³/mol. The zero-order chi connectivity index (χ0) is 23.5. The molecule has 0 aliphatic carbocycles. The van der Waals surface area contributed by atoms with Gasteiger partial charge in [0.15, 0.2) is 10.9 Å². The summed E-state index contributed by atoms with van der Waals surface area (Å²) >= 11 is 5.26. The highest BCUT2D eigenvalue weighted by Gasteiger charge is 2.11. The molecular weight excluding hydrogens is 438 g/mol. The number of unbranched alkanes of at least 4 members (excludes halogenated alkanes) is 3. The maximum Gasteiger partial charge on any atom is 0.291 e. The molecule has 0 atom stereocenters. The molecule has 3 aromatic rings. The Labute approximate surface area is 198 Å². The van der Waals surface area contributed by atoms with E-state index in [4.69, 9.17) is 21.4 Å². The Balaban J connectivity index is 1.48. The molecule has 0 fully saturated rings. The van der Waals surface area contributed by atoms with E-state index in [9.17, 15) is 9.59 Å². The third-order valence-corrected chi connectivity index (χ3v) is 4.94. The van der Waals surface area contributed by atoms with Gasteiger partial charge in [0.05, 0.1) is 12.9 Å². The van der Waals surface area contributed by atoms with Crippen LogP contribution in [0.1, 0.15) is 53.5 Å². The molecule has 33 heavy (non-hydrogen) atoms. The van der Waals surface area contributed by atoms with Crippen molar-refractivity contribution in [2.45, 2.75) is 32.6 Å². The van der Waals surface area contributed by atoms with Crippen molar-refractivity contribution in [2.75, 3.05) is 17.2 Å². The summed E-state index contributed by atoms with van der Waals surface area (Å²) in [5, 5.41) is 8.48. The molecule has 3 rings (SSSR count). The molecule has 3 N–H and O–H groups in total. The molecule has 1 heterocycles. The van der Waals surface area contributed by atoms with Crippen molar-refractivity contribution >= 4 is 40.5 Å². The van der Waals surface area contributed by atoms with Crippen LogP contribution in [-0.2, 0) is 0 Å². The minimum Gasteiger partial charge on any atom is -0.494 e. The Kier molecular flexibility index (Phi) is 9.02. The van der Waals surface area contributed by atoms with Crippen LogP contribution in [0.25, 0.3) is 0 Å². The molecule has 0 aliphatic heterocycles. The van der Waals surface area contributed by atoms with E-state index in [2.05, 4.69) is 22.9 Å². The number of carbonyl (C=O) groups excluding carboxylic acids is 2. The van der Waals surface area contributed by atoms with Crippen molar-refractivity contribution < 1.29 is 18.7 Å². The van der Waals surface area contributed by atoms with E-state index in [1.54, 1.807) is 60.7 Å². The molecule has 0 unspecified atom stereocenters. The lowest BCUT2D eigenvalue weighted by Gasteiger charge is -2.11. The van der Waals surface area contributed by atoms with Gasteiger partial charge in [-0.05, 0) is 73.2 Å². The number of thiocarbonyl (C=S) groups is 1. The van der Waals surface area contributed by atoms with Gasteiger partial charge in [0.25, 0.3) is 11.8 Å². The normalized spacial score (nSPS) is 10.3. The number of furan rings is 1. The summed E-state index contributed by atoms with van der Waals surface area (Å²) in [6.45, 7) is 2.84. The molecule has 2 amide bonds. The van der Waals surface area contributed by atoms with Crippen molar-refractivity contribution in [1.82, 2.24) is 5.32 Å². The van der Waals surface area contributed by atoms with Gasteiger partial charge in [0.2, 0.25) is 0 Å².